The Morgan fingerprint density at radius 1 is 1.50 bits per heavy atom. The molecule has 0 spiro atoms. The molecular weight excluding hydrogens is 345 g/mol. The zero-order chi connectivity index (χ0) is 13.3. The summed E-state index contributed by atoms with van der Waals surface area (Å²) in [5.41, 5.74) is 0.791. The molecule has 5 nitrogen and oxygen atoms in total. The molecule has 1 fully saturated rings. The van der Waals surface area contributed by atoms with E-state index in [-0.39, 0.29) is 16.1 Å². The first-order chi connectivity index (χ1) is 8.42. The van der Waals surface area contributed by atoms with Crippen molar-refractivity contribution in [3.63, 3.8) is 0 Å². The van der Waals surface area contributed by atoms with E-state index in [9.17, 15) is 10.1 Å². The molecule has 0 saturated carbocycles. The SMILES string of the molecule is CC1(C)CNCCN1c1ccc(I)cc1[N+](=O)[O-]. The van der Waals surface area contributed by atoms with Crippen molar-refractivity contribution in [2.75, 3.05) is 24.5 Å². The van der Waals surface area contributed by atoms with E-state index in [2.05, 4.69) is 46.7 Å². The number of benzene rings is 1. The summed E-state index contributed by atoms with van der Waals surface area (Å²) in [6.45, 7) is 6.67. The first-order valence-corrected chi connectivity index (χ1v) is 6.92. The molecule has 0 amide bonds. The van der Waals surface area contributed by atoms with Crippen LogP contribution in [0, 0.1) is 13.7 Å². The lowest BCUT2D eigenvalue weighted by Gasteiger charge is -2.44. The molecule has 18 heavy (non-hydrogen) atoms. The third-order valence-electron chi connectivity index (χ3n) is 3.23. The maximum absolute atomic E-state index is 11.2. The van der Waals surface area contributed by atoms with E-state index >= 15 is 0 Å². The molecule has 6 heteroatoms. The number of rotatable bonds is 2. The van der Waals surface area contributed by atoms with Gasteiger partial charge >= 0.3 is 0 Å². The lowest BCUT2D eigenvalue weighted by atomic mass is 9.98. The largest absolute Gasteiger partial charge is 0.358 e. The maximum Gasteiger partial charge on any atom is 0.293 e. The Hall–Kier alpha value is -0.890. The molecule has 0 aliphatic carbocycles. The molecule has 1 aromatic rings. The molecule has 0 aromatic heterocycles. The molecule has 98 valence electrons. The molecule has 1 aromatic carbocycles. The van der Waals surface area contributed by atoms with Gasteiger partial charge in [0.05, 0.1) is 4.92 Å². The van der Waals surface area contributed by atoms with Gasteiger partial charge in [0.25, 0.3) is 5.69 Å². The van der Waals surface area contributed by atoms with Gasteiger partial charge in [0.2, 0.25) is 0 Å². The number of hydrogen-bond acceptors (Lipinski definition) is 4. The Morgan fingerprint density at radius 3 is 2.83 bits per heavy atom. The molecule has 1 aliphatic heterocycles. The van der Waals surface area contributed by atoms with Crippen LogP contribution in [-0.4, -0.2) is 30.1 Å². The summed E-state index contributed by atoms with van der Waals surface area (Å²) in [4.78, 5) is 13.0. The summed E-state index contributed by atoms with van der Waals surface area (Å²) in [5, 5.41) is 14.5. The van der Waals surface area contributed by atoms with Gasteiger partial charge in [-0.2, -0.15) is 0 Å². The van der Waals surface area contributed by atoms with Crippen LogP contribution in [0.2, 0.25) is 0 Å². The molecule has 0 bridgehead atoms. The van der Waals surface area contributed by atoms with Gasteiger partial charge in [-0.1, -0.05) is 0 Å². The molecule has 0 atom stereocenters. The predicted molar refractivity (Wildman–Crippen MR) is 80.1 cm³/mol. The Balaban J connectivity index is 2.46. The van der Waals surface area contributed by atoms with Gasteiger partial charge in [0, 0.05) is 34.8 Å². The topological polar surface area (TPSA) is 58.4 Å². The smallest absolute Gasteiger partial charge is 0.293 e. The van der Waals surface area contributed by atoms with E-state index in [1.54, 1.807) is 6.07 Å². The summed E-state index contributed by atoms with van der Waals surface area (Å²) in [6, 6.07) is 5.40. The Kier molecular flexibility index (Phi) is 3.76. The quantitative estimate of drug-likeness (QED) is 0.499. The summed E-state index contributed by atoms with van der Waals surface area (Å²) in [5.74, 6) is 0. The van der Waals surface area contributed by atoms with Crippen LogP contribution in [0.15, 0.2) is 18.2 Å². The minimum absolute atomic E-state index is 0.115. The van der Waals surface area contributed by atoms with E-state index in [1.165, 1.54) is 0 Å². The fraction of sp³-hybridized carbons (Fsp3) is 0.500. The summed E-state index contributed by atoms with van der Waals surface area (Å²) in [7, 11) is 0. The van der Waals surface area contributed by atoms with Crippen molar-refractivity contribution in [3.8, 4) is 0 Å². The van der Waals surface area contributed by atoms with Gasteiger partial charge in [-0.25, -0.2) is 0 Å². The number of halogens is 1. The first kappa shape index (κ1) is 13.5. The first-order valence-electron chi connectivity index (χ1n) is 5.84. The van der Waals surface area contributed by atoms with Crippen LogP contribution in [0.1, 0.15) is 13.8 Å². The number of nitro benzene ring substituents is 1. The third kappa shape index (κ3) is 2.59. The molecule has 2 rings (SSSR count). The van der Waals surface area contributed by atoms with Crippen LogP contribution in [0.4, 0.5) is 11.4 Å². The van der Waals surface area contributed by atoms with Gasteiger partial charge in [0.1, 0.15) is 5.69 Å². The Morgan fingerprint density at radius 2 is 2.22 bits per heavy atom. The van der Waals surface area contributed by atoms with Crippen molar-refractivity contribution >= 4 is 34.0 Å². The van der Waals surface area contributed by atoms with Gasteiger partial charge in [-0.3, -0.25) is 10.1 Å². The van der Waals surface area contributed by atoms with Crippen molar-refractivity contribution in [1.82, 2.24) is 5.32 Å². The molecule has 0 unspecified atom stereocenters. The van der Waals surface area contributed by atoms with Crippen molar-refractivity contribution in [1.29, 1.82) is 0 Å². The van der Waals surface area contributed by atoms with Gasteiger partial charge in [0.15, 0.2) is 0 Å². The predicted octanol–water partition coefficient (Wildman–Crippen LogP) is 2.39. The summed E-state index contributed by atoms with van der Waals surface area (Å²) >= 11 is 2.10. The molecule has 1 aliphatic rings. The highest BCUT2D eigenvalue weighted by molar-refractivity contribution is 14.1. The molecule has 1 saturated heterocycles. The third-order valence-corrected chi connectivity index (χ3v) is 3.90. The van der Waals surface area contributed by atoms with Gasteiger partial charge < -0.3 is 10.2 Å². The highest BCUT2D eigenvalue weighted by Gasteiger charge is 2.33. The number of nitrogens with zero attached hydrogens (tertiary/aromatic N) is 2. The number of nitro groups is 1. The lowest BCUT2D eigenvalue weighted by Crippen LogP contribution is -2.58. The van der Waals surface area contributed by atoms with Crippen LogP contribution in [-0.2, 0) is 0 Å². The van der Waals surface area contributed by atoms with Gasteiger partial charge in [-0.05, 0) is 48.6 Å². The van der Waals surface area contributed by atoms with Gasteiger partial charge in [-0.15, -0.1) is 0 Å². The van der Waals surface area contributed by atoms with Crippen molar-refractivity contribution < 1.29 is 4.92 Å². The summed E-state index contributed by atoms with van der Waals surface area (Å²) < 4.78 is 0.885. The summed E-state index contributed by atoms with van der Waals surface area (Å²) in [6.07, 6.45) is 0. The average molecular weight is 361 g/mol. The van der Waals surface area contributed by atoms with E-state index in [0.29, 0.717) is 5.69 Å². The van der Waals surface area contributed by atoms with Crippen LogP contribution in [0.3, 0.4) is 0 Å². The fourth-order valence-electron chi connectivity index (χ4n) is 2.30. The fourth-order valence-corrected chi connectivity index (χ4v) is 2.78. The van der Waals surface area contributed by atoms with Crippen molar-refractivity contribution in [3.05, 3.63) is 31.9 Å². The van der Waals surface area contributed by atoms with E-state index in [1.807, 2.05) is 12.1 Å². The maximum atomic E-state index is 11.2. The van der Waals surface area contributed by atoms with E-state index in [4.69, 9.17) is 0 Å². The normalized spacial score (nSPS) is 18.7. The highest BCUT2D eigenvalue weighted by Crippen LogP contribution is 2.34. The second-order valence-electron chi connectivity index (χ2n) is 5.03. The van der Waals surface area contributed by atoms with Crippen LogP contribution < -0.4 is 10.2 Å². The zero-order valence-corrected chi connectivity index (χ0v) is 12.6. The van der Waals surface area contributed by atoms with Crippen LogP contribution >= 0.6 is 22.6 Å². The lowest BCUT2D eigenvalue weighted by molar-refractivity contribution is -0.384. The second-order valence-corrected chi connectivity index (χ2v) is 6.28. The van der Waals surface area contributed by atoms with E-state index < -0.39 is 0 Å². The molecular formula is C12H16IN3O2. The molecule has 1 heterocycles. The Bertz CT molecular complexity index is 476. The minimum Gasteiger partial charge on any atom is -0.358 e. The highest BCUT2D eigenvalue weighted by atomic mass is 127. The monoisotopic (exact) mass is 361 g/mol. The van der Waals surface area contributed by atoms with Crippen molar-refractivity contribution in [2.24, 2.45) is 0 Å². The van der Waals surface area contributed by atoms with E-state index in [0.717, 1.165) is 23.2 Å². The zero-order valence-electron chi connectivity index (χ0n) is 10.4. The number of anilines is 1. The standard InChI is InChI=1S/C12H16IN3O2/c1-12(2)8-14-5-6-15(12)10-4-3-9(13)7-11(10)16(17)18/h3-4,7,14H,5-6,8H2,1-2H3. The van der Waals surface area contributed by atoms with Crippen LogP contribution in [0.5, 0.6) is 0 Å². The minimum atomic E-state index is -0.296. The average Bonchev–Trinajstić information content (AvgIpc) is 2.29. The number of piperazine rings is 1. The molecule has 1 N–H and O–H groups in total. The number of nitrogens with one attached hydrogen (secondary N) is 1. The second kappa shape index (κ2) is 5.00. The molecule has 0 radical (unpaired) electrons. The van der Waals surface area contributed by atoms with Crippen molar-refractivity contribution in [2.45, 2.75) is 19.4 Å². The van der Waals surface area contributed by atoms with Crippen LogP contribution in [0.25, 0.3) is 0 Å². The Labute approximate surface area is 120 Å². The number of hydrogen-bond donors (Lipinski definition) is 1.